The number of carboxylic acid groups (broad SMARTS) is 1. The smallest absolute Gasteiger partial charge is 0.414 e. The van der Waals surface area contributed by atoms with Crippen molar-refractivity contribution in [3.8, 4) is 5.75 Å². The van der Waals surface area contributed by atoms with Gasteiger partial charge in [-0.25, -0.2) is 9.59 Å². The third-order valence-corrected chi connectivity index (χ3v) is 2.89. The van der Waals surface area contributed by atoms with Crippen LogP contribution in [0.25, 0.3) is 0 Å². The summed E-state index contributed by atoms with van der Waals surface area (Å²) in [6, 6.07) is 4.52. The second-order valence-electron chi connectivity index (χ2n) is 4.77. The van der Waals surface area contributed by atoms with E-state index < -0.39 is 18.2 Å². The van der Waals surface area contributed by atoms with E-state index in [9.17, 15) is 9.59 Å². The van der Waals surface area contributed by atoms with Crippen molar-refractivity contribution < 1.29 is 24.5 Å². The van der Waals surface area contributed by atoms with E-state index >= 15 is 0 Å². The van der Waals surface area contributed by atoms with Gasteiger partial charge in [-0.3, -0.25) is 0 Å². The van der Waals surface area contributed by atoms with Gasteiger partial charge in [0.15, 0.2) is 0 Å². The molecule has 0 heterocycles. The van der Waals surface area contributed by atoms with Gasteiger partial charge in [0.05, 0.1) is 6.04 Å². The average Bonchev–Trinajstić information content (AvgIpc) is 2.39. The molecule has 0 aliphatic heterocycles. The summed E-state index contributed by atoms with van der Waals surface area (Å²) in [5.74, 6) is 0.309. The number of benzene rings is 1. The Kier molecular flexibility index (Phi) is 5.98. The largest absolute Gasteiger partial charge is 0.465 e. The number of aliphatic hydroxyl groups is 1. The maximum absolute atomic E-state index is 11.7. The van der Waals surface area contributed by atoms with Crippen LogP contribution in [0.1, 0.15) is 23.6 Å². The van der Waals surface area contributed by atoms with Gasteiger partial charge in [-0.1, -0.05) is 18.2 Å². The summed E-state index contributed by atoms with van der Waals surface area (Å²) in [5, 5.41) is 20.3. The highest BCUT2D eigenvalue weighted by atomic mass is 16.6. The highest BCUT2D eigenvalue weighted by molar-refractivity contribution is 5.71. The highest BCUT2D eigenvalue weighted by Crippen LogP contribution is 2.31. The van der Waals surface area contributed by atoms with Crippen molar-refractivity contribution in [2.24, 2.45) is 0 Å². The Bertz CT molecular complexity index is 516. The van der Waals surface area contributed by atoms with E-state index in [4.69, 9.17) is 14.9 Å². The van der Waals surface area contributed by atoms with E-state index in [0.717, 1.165) is 0 Å². The van der Waals surface area contributed by atoms with Crippen LogP contribution >= 0.6 is 0 Å². The third kappa shape index (κ3) is 4.64. The summed E-state index contributed by atoms with van der Waals surface area (Å²) in [4.78, 5) is 23.9. The first-order valence-electron chi connectivity index (χ1n) is 6.45. The molecule has 0 aromatic heterocycles. The zero-order chi connectivity index (χ0) is 16.0. The Labute approximate surface area is 123 Å². The van der Waals surface area contributed by atoms with Crippen molar-refractivity contribution in [2.75, 3.05) is 20.7 Å². The molecule has 1 unspecified atom stereocenters. The minimum Gasteiger partial charge on any atom is -0.465 e. The van der Waals surface area contributed by atoms with Gasteiger partial charge in [0.1, 0.15) is 5.75 Å². The molecule has 2 amide bonds. The molecular weight excluding hydrogens is 276 g/mol. The Morgan fingerprint density at radius 2 is 2.05 bits per heavy atom. The van der Waals surface area contributed by atoms with Crippen LogP contribution in [-0.4, -0.2) is 48.0 Å². The van der Waals surface area contributed by atoms with Gasteiger partial charge < -0.3 is 25.2 Å². The van der Waals surface area contributed by atoms with Gasteiger partial charge in [-0.2, -0.15) is 0 Å². The van der Waals surface area contributed by atoms with Gasteiger partial charge in [0.2, 0.25) is 0 Å². The van der Waals surface area contributed by atoms with Crippen molar-refractivity contribution in [3.63, 3.8) is 0 Å². The Morgan fingerprint density at radius 1 is 1.38 bits per heavy atom. The lowest BCUT2D eigenvalue weighted by atomic mass is 10.0. The summed E-state index contributed by atoms with van der Waals surface area (Å²) in [6.45, 7) is 1.57. The van der Waals surface area contributed by atoms with Crippen LogP contribution in [0.5, 0.6) is 5.75 Å². The Balaban J connectivity index is 3.17. The molecule has 0 saturated heterocycles. The van der Waals surface area contributed by atoms with Crippen LogP contribution in [-0.2, 0) is 0 Å². The molecule has 116 valence electrons. The number of ether oxygens (including phenoxy) is 1. The topological polar surface area (TPSA) is 99.1 Å². The van der Waals surface area contributed by atoms with Crippen molar-refractivity contribution in [1.29, 1.82) is 0 Å². The second-order valence-corrected chi connectivity index (χ2v) is 4.77. The van der Waals surface area contributed by atoms with E-state index in [1.54, 1.807) is 39.2 Å². The van der Waals surface area contributed by atoms with Crippen LogP contribution in [0, 0.1) is 6.92 Å². The average molecular weight is 296 g/mol. The minimum absolute atomic E-state index is 0.183. The molecule has 1 rings (SSSR count). The molecule has 0 bridgehead atoms. The van der Waals surface area contributed by atoms with E-state index in [1.165, 1.54) is 4.90 Å². The molecule has 0 saturated carbocycles. The van der Waals surface area contributed by atoms with E-state index in [0.29, 0.717) is 16.9 Å². The number of aryl methyl sites for hydroxylation is 1. The van der Waals surface area contributed by atoms with Crippen molar-refractivity contribution in [3.05, 3.63) is 29.3 Å². The van der Waals surface area contributed by atoms with Gasteiger partial charge in [-0.15, -0.1) is 0 Å². The van der Waals surface area contributed by atoms with Crippen LogP contribution in [0.3, 0.4) is 0 Å². The number of hydrogen-bond donors (Lipinski definition) is 3. The molecule has 0 aliphatic rings. The Hall–Kier alpha value is -2.28. The molecule has 7 nitrogen and oxygen atoms in total. The fraction of sp³-hybridized carbons (Fsp3) is 0.429. The number of nitrogens with one attached hydrogen (secondary N) is 1. The second kappa shape index (κ2) is 7.49. The maximum Gasteiger partial charge on any atom is 0.414 e. The van der Waals surface area contributed by atoms with Gasteiger partial charge >= 0.3 is 12.2 Å². The molecule has 1 aromatic carbocycles. The number of carbonyl (C=O) groups excluding carboxylic acids is 1. The number of aliphatic hydroxyl groups excluding tert-OH is 1. The quantitative estimate of drug-likeness (QED) is 0.768. The molecule has 0 fully saturated rings. The SMILES string of the molecule is Cc1cccc(C(CCO)NC(=O)O)c1OC(=O)N(C)C. The Morgan fingerprint density at radius 3 is 2.57 bits per heavy atom. The normalized spacial score (nSPS) is 11.6. The third-order valence-electron chi connectivity index (χ3n) is 2.89. The number of para-hydroxylation sites is 1. The fourth-order valence-corrected chi connectivity index (χ4v) is 1.85. The lowest BCUT2D eigenvalue weighted by Gasteiger charge is -2.21. The van der Waals surface area contributed by atoms with E-state index in [1.807, 2.05) is 0 Å². The predicted molar refractivity (Wildman–Crippen MR) is 76.5 cm³/mol. The number of amides is 2. The first-order valence-corrected chi connectivity index (χ1v) is 6.45. The van der Waals surface area contributed by atoms with Crippen LogP contribution in [0.2, 0.25) is 0 Å². The number of rotatable bonds is 5. The monoisotopic (exact) mass is 296 g/mol. The molecule has 1 aromatic rings. The van der Waals surface area contributed by atoms with Gasteiger partial charge in [0.25, 0.3) is 0 Å². The predicted octanol–water partition coefficient (Wildman–Crippen LogP) is 1.75. The van der Waals surface area contributed by atoms with Crippen LogP contribution in [0.15, 0.2) is 18.2 Å². The van der Waals surface area contributed by atoms with Crippen molar-refractivity contribution >= 4 is 12.2 Å². The van der Waals surface area contributed by atoms with E-state index in [-0.39, 0.29) is 13.0 Å². The first kappa shape index (κ1) is 16.8. The first-order chi connectivity index (χ1) is 9.86. The number of carbonyl (C=O) groups is 2. The zero-order valence-corrected chi connectivity index (χ0v) is 12.3. The van der Waals surface area contributed by atoms with Crippen LogP contribution < -0.4 is 10.1 Å². The van der Waals surface area contributed by atoms with E-state index in [2.05, 4.69) is 5.32 Å². The molecule has 0 radical (unpaired) electrons. The summed E-state index contributed by atoms with van der Waals surface area (Å²) in [6.07, 6.45) is -1.58. The summed E-state index contributed by atoms with van der Waals surface area (Å²) in [5.41, 5.74) is 1.22. The zero-order valence-electron chi connectivity index (χ0n) is 12.3. The van der Waals surface area contributed by atoms with Crippen LogP contribution in [0.4, 0.5) is 9.59 Å². The molecular formula is C14H20N2O5. The molecule has 0 aliphatic carbocycles. The summed E-state index contributed by atoms with van der Waals surface area (Å²) < 4.78 is 5.32. The van der Waals surface area contributed by atoms with Gasteiger partial charge in [-0.05, 0) is 18.9 Å². The maximum atomic E-state index is 11.7. The molecule has 21 heavy (non-hydrogen) atoms. The minimum atomic E-state index is -1.21. The molecule has 1 atom stereocenters. The lowest BCUT2D eigenvalue weighted by molar-refractivity contribution is 0.170. The molecule has 0 spiro atoms. The molecule has 3 N–H and O–H groups in total. The number of nitrogens with zero attached hydrogens (tertiary/aromatic N) is 1. The molecule has 7 heteroatoms. The lowest BCUT2D eigenvalue weighted by Crippen LogP contribution is -2.30. The summed E-state index contributed by atoms with van der Waals surface area (Å²) in [7, 11) is 3.11. The fourth-order valence-electron chi connectivity index (χ4n) is 1.85. The van der Waals surface area contributed by atoms with Crippen molar-refractivity contribution in [2.45, 2.75) is 19.4 Å². The van der Waals surface area contributed by atoms with Crippen molar-refractivity contribution in [1.82, 2.24) is 10.2 Å². The standard InChI is InChI=1S/C14H20N2O5/c1-9-5-4-6-10(11(7-8-17)15-13(18)19)12(9)21-14(20)16(2)3/h4-6,11,15,17H,7-8H2,1-3H3,(H,18,19). The highest BCUT2D eigenvalue weighted by Gasteiger charge is 2.21. The van der Waals surface area contributed by atoms with Gasteiger partial charge in [0, 0.05) is 26.3 Å². The summed E-state index contributed by atoms with van der Waals surface area (Å²) >= 11 is 0. The number of hydrogen-bond acceptors (Lipinski definition) is 4.